The molecule has 0 aliphatic rings. The Morgan fingerprint density at radius 1 is 0.778 bits per heavy atom. The second kappa shape index (κ2) is 14.9. The van der Waals surface area contributed by atoms with Crippen LogP contribution < -0.4 is 21.3 Å². The smallest absolute Gasteiger partial charge is 0.355 e. The summed E-state index contributed by atoms with van der Waals surface area (Å²) in [7, 11) is 3.60. The predicted octanol–water partition coefficient (Wildman–Crippen LogP) is 3.23. The number of aryl methyl sites for hydroxylation is 3. The first-order valence-corrected chi connectivity index (χ1v) is 17.8. The minimum atomic E-state index is -1.35. The molecule has 15 heteroatoms. The van der Waals surface area contributed by atoms with Crippen LogP contribution in [0, 0.1) is 11.3 Å². The fourth-order valence-corrected chi connectivity index (χ4v) is 4.83. The average molecular weight is 635 g/mol. The number of ether oxygens (including phenoxy) is 1. The van der Waals surface area contributed by atoms with Crippen molar-refractivity contribution in [2.45, 2.75) is 32.1 Å². The highest BCUT2D eigenvalue weighted by Crippen LogP contribution is 2.18. The summed E-state index contributed by atoms with van der Waals surface area (Å²) in [4.78, 5) is 62.5. The van der Waals surface area contributed by atoms with Crippen molar-refractivity contribution in [1.29, 1.82) is 5.26 Å². The Kier molecular flexibility index (Phi) is 11.3. The van der Waals surface area contributed by atoms with Crippen LogP contribution in [0.3, 0.4) is 0 Å². The minimum Gasteiger partial charge on any atom is -0.461 e. The largest absolute Gasteiger partial charge is 0.461 e. The van der Waals surface area contributed by atoms with Gasteiger partial charge in [0.15, 0.2) is 0 Å². The maximum absolute atomic E-state index is 12.9. The maximum Gasteiger partial charge on any atom is 0.355 e. The van der Waals surface area contributed by atoms with Gasteiger partial charge in [-0.15, -0.1) is 0 Å². The minimum absolute atomic E-state index is 0.183. The predicted molar refractivity (Wildman–Crippen MR) is 172 cm³/mol. The van der Waals surface area contributed by atoms with Gasteiger partial charge >= 0.3 is 5.97 Å². The van der Waals surface area contributed by atoms with E-state index < -0.39 is 31.8 Å². The standard InChI is InChI=1S/C30H38N8O6Si/c1-36-19-22(15-23(36)28(41)32-11-7-10-31)35-29(42)24-14-20(17-37(24)2)33-26(39)8-9-27(40)34-21-16-25(38(3)18-21)30(43)44-12-13-45(4,5)6/h8-9,14-19H,7,11-13H2,1-6H3,(H,32,41)(H,33,39)(H,34,40)(H,35,42)/b9-8-. The highest BCUT2D eigenvalue weighted by molar-refractivity contribution is 6.76. The van der Waals surface area contributed by atoms with Gasteiger partial charge in [0.05, 0.1) is 36.2 Å². The molecule has 45 heavy (non-hydrogen) atoms. The molecule has 0 aromatic carbocycles. The molecular formula is C30H38N8O6Si. The van der Waals surface area contributed by atoms with Gasteiger partial charge in [-0.3, -0.25) is 19.2 Å². The van der Waals surface area contributed by atoms with E-state index in [1.165, 1.54) is 29.0 Å². The Labute approximate surface area is 262 Å². The molecule has 0 unspecified atom stereocenters. The summed E-state index contributed by atoms with van der Waals surface area (Å²) < 4.78 is 9.99. The number of nitriles is 1. The first-order chi connectivity index (χ1) is 21.2. The number of anilines is 3. The maximum atomic E-state index is 12.9. The van der Waals surface area contributed by atoms with E-state index in [9.17, 15) is 24.0 Å². The summed E-state index contributed by atoms with van der Waals surface area (Å²) in [5, 5.41) is 19.2. The molecule has 0 fully saturated rings. The van der Waals surface area contributed by atoms with E-state index >= 15 is 0 Å². The Hall–Kier alpha value is -5.36. The topological polar surface area (TPSA) is 181 Å². The third-order valence-electron chi connectivity index (χ3n) is 6.48. The van der Waals surface area contributed by atoms with Crippen LogP contribution in [0.4, 0.5) is 17.1 Å². The van der Waals surface area contributed by atoms with Crippen molar-refractivity contribution in [2.24, 2.45) is 21.1 Å². The molecule has 0 saturated carbocycles. The molecule has 3 heterocycles. The van der Waals surface area contributed by atoms with Gasteiger partial charge in [-0.25, -0.2) is 4.79 Å². The number of hydrogen-bond acceptors (Lipinski definition) is 7. The zero-order valence-corrected chi connectivity index (χ0v) is 27.2. The van der Waals surface area contributed by atoms with E-state index in [1.807, 2.05) is 6.07 Å². The van der Waals surface area contributed by atoms with E-state index in [0.717, 1.165) is 18.2 Å². The number of amides is 4. The molecule has 14 nitrogen and oxygen atoms in total. The van der Waals surface area contributed by atoms with E-state index in [-0.39, 0.29) is 30.3 Å². The summed E-state index contributed by atoms with van der Waals surface area (Å²) in [5.74, 6) is -2.51. The quantitative estimate of drug-likeness (QED) is 0.0964. The van der Waals surface area contributed by atoms with E-state index in [2.05, 4.69) is 40.9 Å². The Morgan fingerprint density at radius 3 is 1.76 bits per heavy atom. The molecule has 0 radical (unpaired) electrons. The van der Waals surface area contributed by atoms with Crippen LogP contribution in [0.15, 0.2) is 48.9 Å². The van der Waals surface area contributed by atoms with Gasteiger partial charge in [0.25, 0.3) is 11.8 Å². The Morgan fingerprint density at radius 2 is 1.24 bits per heavy atom. The van der Waals surface area contributed by atoms with E-state index in [4.69, 9.17) is 10.00 Å². The van der Waals surface area contributed by atoms with Crippen LogP contribution in [-0.4, -0.2) is 64.5 Å². The number of rotatable bonds is 13. The number of carbonyl (C=O) groups excluding carboxylic acids is 5. The molecule has 0 bridgehead atoms. The van der Waals surface area contributed by atoms with Crippen LogP contribution in [0.1, 0.15) is 37.9 Å². The van der Waals surface area contributed by atoms with Crippen LogP contribution in [0.5, 0.6) is 0 Å². The Balaban J connectivity index is 1.53. The fraction of sp³-hybridized carbons (Fsp3) is 0.333. The van der Waals surface area contributed by atoms with Crippen molar-refractivity contribution in [2.75, 3.05) is 29.1 Å². The van der Waals surface area contributed by atoms with Crippen molar-refractivity contribution in [3.8, 4) is 6.07 Å². The molecule has 4 N–H and O–H groups in total. The fourth-order valence-electron chi connectivity index (χ4n) is 4.11. The molecule has 0 saturated heterocycles. The lowest BCUT2D eigenvalue weighted by Crippen LogP contribution is -2.25. The first kappa shape index (κ1) is 34.1. The molecule has 3 aromatic rings. The third kappa shape index (κ3) is 10.1. The highest BCUT2D eigenvalue weighted by Gasteiger charge is 2.19. The Bertz CT molecular complexity index is 1670. The molecule has 0 atom stereocenters. The van der Waals surface area contributed by atoms with Gasteiger partial charge in [-0.05, 0) is 24.2 Å². The average Bonchev–Trinajstić information content (AvgIpc) is 3.62. The SMILES string of the molecule is Cn1cc(NC(=O)c2cc(NC(=O)/C=C\C(=O)Nc3cc(C(=O)OCC[Si](C)(C)C)n(C)c3)cn2C)cc1C(=O)NCCC#N. The second-order valence-corrected chi connectivity index (χ2v) is 17.2. The number of hydrogen-bond donors (Lipinski definition) is 4. The van der Waals surface area contributed by atoms with Gasteiger partial charge in [-0.2, -0.15) is 5.26 Å². The zero-order chi connectivity index (χ0) is 33.3. The van der Waals surface area contributed by atoms with Crippen molar-refractivity contribution < 1.29 is 28.7 Å². The van der Waals surface area contributed by atoms with E-state index in [1.54, 1.807) is 42.7 Å². The lowest BCUT2D eigenvalue weighted by atomic mass is 10.3. The summed E-state index contributed by atoms with van der Waals surface area (Å²) in [6.45, 7) is 7.12. The molecular weight excluding hydrogens is 596 g/mol. The number of nitrogens with one attached hydrogen (secondary N) is 4. The molecule has 3 rings (SSSR count). The number of aromatic nitrogens is 3. The molecule has 3 aromatic heterocycles. The van der Waals surface area contributed by atoms with Crippen LogP contribution in [-0.2, 0) is 35.5 Å². The normalized spacial score (nSPS) is 11.1. The molecule has 0 spiro atoms. The van der Waals surface area contributed by atoms with E-state index in [0.29, 0.717) is 29.4 Å². The molecule has 0 aliphatic carbocycles. The third-order valence-corrected chi connectivity index (χ3v) is 8.18. The van der Waals surface area contributed by atoms with Crippen LogP contribution >= 0.6 is 0 Å². The summed E-state index contributed by atoms with van der Waals surface area (Å²) in [5.41, 5.74) is 1.91. The number of carbonyl (C=O) groups is 5. The van der Waals surface area contributed by atoms with Gasteiger partial charge in [-0.1, -0.05) is 19.6 Å². The van der Waals surface area contributed by atoms with Crippen molar-refractivity contribution in [3.05, 3.63) is 66.0 Å². The van der Waals surface area contributed by atoms with Gasteiger partial charge in [0.1, 0.15) is 17.1 Å². The zero-order valence-electron chi connectivity index (χ0n) is 26.2. The van der Waals surface area contributed by atoms with Crippen molar-refractivity contribution in [1.82, 2.24) is 19.0 Å². The molecule has 4 amide bonds. The van der Waals surface area contributed by atoms with Gasteiger partial charge < -0.3 is 39.7 Å². The van der Waals surface area contributed by atoms with Crippen LogP contribution in [0.2, 0.25) is 25.7 Å². The van der Waals surface area contributed by atoms with Crippen molar-refractivity contribution >= 4 is 54.7 Å². The monoisotopic (exact) mass is 634 g/mol. The van der Waals surface area contributed by atoms with Crippen LogP contribution in [0.25, 0.3) is 0 Å². The summed E-state index contributed by atoms with van der Waals surface area (Å²) in [6.07, 6.45) is 6.96. The molecule has 0 aliphatic heterocycles. The summed E-state index contributed by atoms with van der Waals surface area (Å²) >= 11 is 0. The van der Waals surface area contributed by atoms with Gasteiger partial charge in [0.2, 0.25) is 11.8 Å². The first-order valence-electron chi connectivity index (χ1n) is 14.1. The lowest BCUT2D eigenvalue weighted by molar-refractivity contribution is -0.114. The van der Waals surface area contributed by atoms with Gasteiger partial charge in [0, 0.05) is 66.5 Å². The highest BCUT2D eigenvalue weighted by atomic mass is 28.3. The number of esters is 1. The second-order valence-electron chi connectivity index (χ2n) is 11.6. The molecule has 238 valence electrons. The number of nitrogens with zero attached hydrogens (tertiary/aromatic N) is 4. The van der Waals surface area contributed by atoms with Crippen molar-refractivity contribution in [3.63, 3.8) is 0 Å². The lowest BCUT2D eigenvalue weighted by Gasteiger charge is -2.15. The summed E-state index contributed by atoms with van der Waals surface area (Å²) in [6, 6.07) is 7.28.